The summed E-state index contributed by atoms with van der Waals surface area (Å²) < 4.78 is 34.0. The van der Waals surface area contributed by atoms with E-state index in [9.17, 15) is 23.2 Å². The van der Waals surface area contributed by atoms with E-state index in [4.69, 9.17) is 11.6 Å². The number of aryl methyl sites for hydroxylation is 1. The van der Waals surface area contributed by atoms with Crippen LogP contribution in [0.5, 0.6) is 5.75 Å². The monoisotopic (exact) mass is 557 g/mol. The van der Waals surface area contributed by atoms with Crippen molar-refractivity contribution in [2.75, 3.05) is 11.1 Å². The third-order valence-corrected chi connectivity index (χ3v) is 7.05. The van der Waals surface area contributed by atoms with Crippen molar-refractivity contribution in [3.05, 3.63) is 45.1 Å². The van der Waals surface area contributed by atoms with Crippen LogP contribution in [-0.4, -0.2) is 35.9 Å². The van der Waals surface area contributed by atoms with Crippen molar-refractivity contribution in [3.63, 3.8) is 0 Å². The molecular formula is C24H30ClF2N5O4S. The molecule has 0 bridgehead atoms. The number of carbonyl (C=O) groups is 1. The maximum Gasteiger partial charge on any atom is 0.487 e. The molecule has 37 heavy (non-hydrogen) atoms. The Hall–Kier alpha value is -2.86. The lowest BCUT2D eigenvalue weighted by Crippen LogP contribution is -2.37. The largest absolute Gasteiger partial charge is 0.487 e. The Morgan fingerprint density at radius 2 is 1.86 bits per heavy atom. The van der Waals surface area contributed by atoms with Crippen LogP contribution in [0.4, 0.5) is 14.5 Å². The number of ether oxygens (including phenoxy) is 1. The van der Waals surface area contributed by atoms with Gasteiger partial charge < -0.3 is 14.6 Å². The molecule has 202 valence electrons. The highest BCUT2D eigenvalue weighted by Gasteiger charge is 2.27. The number of aromatic nitrogens is 4. The summed E-state index contributed by atoms with van der Waals surface area (Å²) in [6.07, 6.45) is 4.00. The van der Waals surface area contributed by atoms with Crippen LogP contribution >= 0.6 is 23.4 Å². The Morgan fingerprint density at radius 3 is 2.46 bits per heavy atom. The van der Waals surface area contributed by atoms with Gasteiger partial charge in [0.2, 0.25) is 5.91 Å². The summed E-state index contributed by atoms with van der Waals surface area (Å²) in [4.78, 5) is 42.7. The summed E-state index contributed by atoms with van der Waals surface area (Å²) in [6.45, 7) is 4.76. The minimum absolute atomic E-state index is 0.0265. The van der Waals surface area contributed by atoms with Gasteiger partial charge in [-0.3, -0.25) is 18.7 Å². The zero-order chi connectivity index (χ0) is 27.3. The maximum atomic E-state index is 13.0. The Morgan fingerprint density at radius 1 is 1.19 bits per heavy atom. The van der Waals surface area contributed by atoms with Gasteiger partial charge in [0, 0.05) is 37.9 Å². The van der Waals surface area contributed by atoms with Gasteiger partial charge in [0.1, 0.15) is 5.75 Å². The number of hydrogen-bond donors (Lipinski definition) is 1. The molecule has 0 unspecified atom stereocenters. The van der Waals surface area contributed by atoms with E-state index < -0.39 is 16.8 Å². The van der Waals surface area contributed by atoms with Crippen LogP contribution in [-0.2, 0) is 25.4 Å². The molecule has 0 aliphatic heterocycles. The highest BCUT2D eigenvalue weighted by Crippen LogP contribution is 2.27. The summed E-state index contributed by atoms with van der Waals surface area (Å²) in [5.74, 6) is -0.239. The number of unbranched alkanes of at least 4 members (excludes halogenated alkanes) is 1. The topological polar surface area (TPSA) is 100 Å². The first-order chi connectivity index (χ1) is 17.4. The minimum atomic E-state index is -3.83. The molecular weight excluding hydrogens is 528 g/mol. The van der Waals surface area contributed by atoms with E-state index in [0.717, 1.165) is 42.0 Å². The van der Waals surface area contributed by atoms with E-state index in [2.05, 4.69) is 28.9 Å². The van der Waals surface area contributed by atoms with Gasteiger partial charge in [-0.2, -0.15) is 0 Å². The van der Waals surface area contributed by atoms with E-state index in [-0.39, 0.29) is 23.1 Å². The average Bonchev–Trinajstić information content (AvgIpc) is 3.21. The van der Waals surface area contributed by atoms with E-state index in [1.165, 1.54) is 35.9 Å². The van der Waals surface area contributed by atoms with Crippen LogP contribution in [0.1, 0.15) is 39.5 Å². The lowest BCUT2D eigenvalue weighted by atomic mass is 9.99. The SMILES string of the molecule is CCCC[C@@H](CC)Cn1c(SCC(=O)Nc2ccc(OC(F)(F)Cl)cc2)nc2c1c(=O)n(C)c(=O)n2C. The van der Waals surface area contributed by atoms with Crippen LogP contribution in [0.2, 0.25) is 0 Å². The Kier molecular flexibility index (Phi) is 9.41. The molecule has 3 aromatic rings. The number of alkyl halides is 3. The van der Waals surface area contributed by atoms with Crippen LogP contribution in [0.15, 0.2) is 39.0 Å². The maximum absolute atomic E-state index is 13.0. The number of nitrogens with zero attached hydrogens (tertiary/aromatic N) is 4. The molecule has 0 aliphatic rings. The molecule has 0 aliphatic carbocycles. The molecule has 2 heterocycles. The van der Waals surface area contributed by atoms with Gasteiger partial charge in [0.15, 0.2) is 16.3 Å². The standard InChI is InChI=1S/C24H30ClF2N5O4S/c1-5-7-8-15(6-2)13-32-19-20(30(3)23(35)31(4)21(19)34)29-22(32)37-14-18(33)28-16-9-11-17(12-10-16)36-24(25,26)27/h9-12,15H,5-8,13-14H2,1-4H3,(H,28,33)/t15-/m1/s1. The Labute approximate surface area is 221 Å². The fourth-order valence-electron chi connectivity index (χ4n) is 3.95. The fraction of sp³-hybridized carbons (Fsp3) is 0.500. The first kappa shape index (κ1) is 28.7. The van der Waals surface area contributed by atoms with Gasteiger partial charge in [-0.1, -0.05) is 44.9 Å². The lowest BCUT2D eigenvalue weighted by molar-refractivity contribution is -0.113. The van der Waals surface area contributed by atoms with Crippen molar-refractivity contribution in [3.8, 4) is 5.75 Å². The third kappa shape index (κ3) is 7.13. The van der Waals surface area contributed by atoms with E-state index >= 15 is 0 Å². The predicted octanol–water partition coefficient (Wildman–Crippen LogP) is 4.55. The highest BCUT2D eigenvalue weighted by molar-refractivity contribution is 7.99. The van der Waals surface area contributed by atoms with Gasteiger partial charge in [0.25, 0.3) is 5.56 Å². The summed E-state index contributed by atoms with van der Waals surface area (Å²) in [5, 5.41) is 3.15. The first-order valence-electron chi connectivity index (χ1n) is 11.9. The summed E-state index contributed by atoms with van der Waals surface area (Å²) in [6, 6.07) is 5.34. The van der Waals surface area contributed by atoms with Crippen molar-refractivity contribution >= 4 is 46.1 Å². The number of hydrogen-bond acceptors (Lipinski definition) is 6. The van der Waals surface area contributed by atoms with E-state index in [1.807, 2.05) is 4.57 Å². The molecule has 0 saturated heterocycles. The number of thioether (sulfide) groups is 1. The Bertz CT molecular complexity index is 1370. The first-order valence-corrected chi connectivity index (χ1v) is 13.3. The molecule has 13 heteroatoms. The zero-order valence-electron chi connectivity index (χ0n) is 21.1. The van der Waals surface area contributed by atoms with Gasteiger partial charge in [-0.15, -0.1) is 8.78 Å². The van der Waals surface area contributed by atoms with Gasteiger partial charge >= 0.3 is 11.3 Å². The number of amides is 1. The quantitative estimate of drug-likeness (QED) is 0.259. The number of rotatable bonds is 12. The number of benzene rings is 1. The molecule has 0 spiro atoms. The number of anilines is 1. The van der Waals surface area contributed by atoms with E-state index in [1.54, 1.807) is 7.05 Å². The average molecular weight is 558 g/mol. The second-order valence-corrected chi connectivity index (χ2v) is 10.1. The summed E-state index contributed by atoms with van der Waals surface area (Å²) in [5.41, 5.74) is -3.76. The molecule has 9 nitrogen and oxygen atoms in total. The van der Waals surface area contributed by atoms with Crippen LogP contribution < -0.4 is 21.3 Å². The second-order valence-electron chi connectivity index (χ2n) is 8.71. The fourth-order valence-corrected chi connectivity index (χ4v) is 4.84. The molecule has 0 radical (unpaired) electrons. The third-order valence-electron chi connectivity index (χ3n) is 6.00. The number of imidazole rings is 1. The van der Waals surface area contributed by atoms with Crippen molar-refractivity contribution < 1.29 is 18.3 Å². The summed E-state index contributed by atoms with van der Waals surface area (Å²) >= 11 is 5.91. The van der Waals surface area contributed by atoms with Crippen molar-refractivity contribution in [1.29, 1.82) is 0 Å². The molecule has 1 N–H and O–H groups in total. The van der Waals surface area contributed by atoms with Crippen LogP contribution in [0.25, 0.3) is 11.2 Å². The molecule has 0 fully saturated rings. The number of nitrogens with one attached hydrogen (secondary N) is 1. The number of halogens is 3. The highest BCUT2D eigenvalue weighted by atomic mass is 35.5. The zero-order valence-corrected chi connectivity index (χ0v) is 22.7. The second kappa shape index (κ2) is 12.1. The number of fused-ring (bicyclic) bond motifs is 1. The predicted molar refractivity (Wildman–Crippen MR) is 141 cm³/mol. The molecule has 3 rings (SSSR count). The van der Waals surface area contributed by atoms with Gasteiger partial charge in [-0.05, 0) is 36.6 Å². The number of carbonyl (C=O) groups excluding carboxylic acids is 1. The normalized spacial score (nSPS) is 12.6. The molecule has 0 saturated carbocycles. The Balaban J connectivity index is 1.84. The van der Waals surface area contributed by atoms with Gasteiger partial charge in [0.05, 0.1) is 5.75 Å². The smallest absolute Gasteiger partial charge is 0.420 e. The van der Waals surface area contributed by atoms with Crippen molar-refractivity contribution in [1.82, 2.24) is 18.7 Å². The molecule has 2 aromatic heterocycles. The van der Waals surface area contributed by atoms with Gasteiger partial charge in [-0.25, -0.2) is 9.78 Å². The minimum Gasteiger partial charge on any atom is -0.420 e. The molecule has 1 aromatic carbocycles. The summed E-state index contributed by atoms with van der Waals surface area (Å²) in [7, 11) is 2.99. The lowest BCUT2D eigenvalue weighted by Gasteiger charge is -2.17. The van der Waals surface area contributed by atoms with Crippen molar-refractivity contribution in [2.45, 2.75) is 56.8 Å². The van der Waals surface area contributed by atoms with Crippen molar-refractivity contribution in [2.24, 2.45) is 20.0 Å². The molecule has 1 amide bonds. The van der Waals surface area contributed by atoms with Crippen LogP contribution in [0, 0.1) is 5.92 Å². The van der Waals surface area contributed by atoms with Crippen LogP contribution in [0.3, 0.4) is 0 Å². The molecule has 1 atom stereocenters. The van der Waals surface area contributed by atoms with E-state index in [0.29, 0.717) is 28.8 Å².